The first kappa shape index (κ1) is 37.1. The summed E-state index contributed by atoms with van der Waals surface area (Å²) in [5.74, 6) is 0.597. The summed E-state index contributed by atoms with van der Waals surface area (Å²) in [5.41, 5.74) is 21.0. The minimum absolute atomic E-state index is 0.279. The van der Waals surface area contributed by atoms with Crippen molar-refractivity contribution in [3.8, 4) is 56.3 Å². The highest BCUT2D eigenvalue weighted by Gasteiger charge is 2.56. The monoisotopic (exact) mass is 827 g/mol. The van der Waals surface area contributed by atoms with Crippen LogP contribution < -0.4 is 5.32 Å². The first-order chi connectivity index (χ1) is 32.2. The zero-order valence-corrected chi connectivity index (χ0v) is 35.5. The summed E-state index contributed by atoms with van der Waals surface area (Å²) in [6.45, 7) is 0. The van der Waals surface area contributed by atoms with Gasteiger partial charge < -0.3 is 9.88 Å². The van der Waals surface area contributed by atoms with Crippen LogP contribution in [0.5, 0.6) is 0 Å². The maximum absolute atomic E-state index is 9.67. The fourth-order valence-corrected chi connectivity index (χ4v) is 11.5. The van der Waals surface area contributed by atoms with Crippen molar-refractivity contribution in [1.82, 2.24) is 4.57 Å². The summed E-state index contributed by atoms with van der Waals surface area (Å²) >= 11 is 0. The SMILES string of the molecule is N#Cc1ccc(-n2c3ccc(-c4cccc(-c5ccccc5Nc5ccccc5)c4)cc3c3cc(-c4ccc5c(c4)C4(c6ccccc6-5)c5ccccc5C5C=CC=CC54)ccc32)cc1. The molecule has 3 unspecified atom stereocenters. The lowest BCUT2D eigenvalue weighted by molar-refractivity contribution is 0.465. The van der Waals surface area contributed by atoms with E-state index in [2.05, 4.69) is 228 Å². The molecule has 0 fully saturated rings. The number of benzene rings is 9. The van der Waals surface area contributed by atoms with E-state index in [1.807, 2.05) is 18.2 Å². The van der Waals surface area contributed by atoms with Crippen molar-refractivity contribution in [2.75, 3.05) is 5.32 Å². The third kappa shape index (κ3) is 5.61. The zero-order valence-electron chi connectivity index (χ0n) is 35.5. The van der Waals surface area contributed by atoms with Gasteiger partial charge >= 0.3 is 0 Å². The van der Waals surface area contributed by atoms with Gasteiger partial charge in [-0.3, -0.25) is 0 Å². The van der Waals surface area contributed by atoms with E-state index >= 15 is 0 Å². The molecule has 1 N–H and O–H groups in total. The van der Waals surface area contributed by atoms with Gasteiger partial charge in [0, 0.05) is 45.2 Å². The average Bonchev–Trinajstić information content (AvgIpc) is 3.98. The first-order valence-corrected chi connectivity index (χ1v) is 22.5. The van der Waals surface area contributed by atoms with Crippen LogP contribution in [0.4, 0.5) is 11.4 Å². The summed E-state index contributed by atoms with van der Waals surface area (Å²) in [6, 6.07) is 77.3. The molecule has 13 rings (SSSR count). The number of rotatable bonds is 6. The van der Waals surface area contributed by atoms with E-state index in [-0.39, 0.29) is 11.3 Å². The Kier molecular flexibility index (Phi) is 8.32. The molecule has 65 heavy (non-hydrogen) atoms. The number of anilines is 2. The van der Waals surface area contributed by atoms with Gasteiger partial charge in [-0.15, -0.1) is 0 Å². The van der Waals surface area contributed by atoms with Gasteiger partial charge in [-0.25, -0.2) is 0 Å². The Labute approximate surface area is 378 Å². The van der Waals surface area contributed by atoms with Gasteiger partial charge in [0.15, 0.2) is 0 Å². The zero-order chi connectivity index (χ0) is 43.1. The van der Waals surface area contributed by atoms with E-state index in [1.165, 1.54) is 55.3 Å². The van der Waals surface area contributed by atoms with Crippen molar-refractivity contribution in [3.05, 3.63) is 258 Å². The predicted molar refractivity (Wildman–Crippen MR) is 268 cm³/mol. The van der Waals surface area contributed by atoms with Crippen LogP contribution in [0.2, 0.25) is 0 Å². The highest BCUT2D eigenvalue weighted by Crippen LogP contribution is 2.65. The molecule has 0 saturated heterocycles. The standard InChI is InChI=1S/C62H41N3/c63-39-40-25-30-47(31-26-40)65-60-33-28-42(41-13-12-14-45(35-41)48-17-7-11-24-59(48)64-46-15-2-1-3-16-46)36-53(60)54-37-43(29-34-61(54)65)44-27-32-52-51-20-6-10-23-57(51)62(58(52)38-44)55-21-8-4-18-49(55)50-19-5-9-22-56(50)62/h1-38,49,55,64H. The summed E-state index contributed by atoms with van der Waals surface area (Å²) < 4.78 is 2.34. The molecule has 0 aliphatic heterocycles. The van der Waals surface area contributed by atoms with Crippen LogP contribution in [-0.2, 0) is 5.41 Å². The number of hydrogen-bond acceptors (Lipinski definition) is 2. The van der Waals surface area contributed by atoms with Crippen molar-refractivity contribution in [2.45, 2.75) is 11.3 Å². The lowest BCUT2D eigenvalue weighted by Crippen LogP contribution is -2.32. The summed E-state index contributed by atoms with van der Waals surface area (Å²) in [7, 11) is 0. The molecule has 3 atom stereocenters. The molecule has 0 bridgehead atoms. The van der Waals surface area contributed by atoms with E-state index in [4.69, 9.17) is 0 Å². The van der Waals surface area contributed by atoms with Crippen LogP contribution in [-0.4, -0.2) is 4.57 Å². The van der Waals surface area contributed by atoms with E-state index in [0.29, 0.717) is 11.5 Å². The number of fused-ring (bicyclic) bond motifs is 13. The Hall–Kier alpha value is -8.45. The van der Waals surface area contributed by atoms with Crippen LogP contribution in [0.15, 0.2) is 231 Å². The number of hydrogen-bond donors (Lipinski definition) is 1. The first-order valence-electron chi connectivity index (χ1n) is 22.5. The van der Waals surface area contributed by atoms with Crippen LogP contribution in [0, 0.1) is 17.2 Å². The lowest BCUT2D eigenvalue weighted by atomic mass is 9.65. The fourth-order valence-electron chi connectivity index (χ4n) is 11.5. The number of para-hydroxylation sites is 2. The summed E-state index contributed by atoms with van der Waals surface area (Å²) in [4.78, 5) is 0. The molecule has 304 valence electrons. The van der Waals surface area contributed by atoms with Gasteiger partial charge in [0.1, 0.15) is 0 Å². The average molecular weight is 828 g/mol. The highest BCUT2D eigenvalue weighted by atomic mass is 15.0. The Bertz CT molecular complexity index is 3660. The Morgan fingerprint density at radius 1 is 0.462 bits per heavy atom. The second-order valence-electron chi connectivity index (χ2n) is 17.6. The second-order valence-corrected chi connectivity index (χ2v) is 17.6. The number of nitriles is 1. The Morgan fingerprint density at radius 3 is 1.86 bits per heavy atom. The van der Waals surface area contributed by atoms with Crippen molar-refractivity contribution in [3.63, 3.8) is 0 Å². The number of allylic oxidation sites excluding steroid dienone is 4. The van der Waals surface area contributed by atoms with Gasteiger partial charge in [0.25, 0.3) is 0 Å². The maximum atomic E-state index is 9.67. The van der Waals surface area contributed by atoms with Crippen molar-refractivity contribution >= 4 is 33.2 Å². The third-order valence-electron chi connectivity index (χ3n) is 14.3. The van der Waals surface area contributed by atoms with Crippen LogP contribution in [0.25, 0.3) is 72.0 Å². The number of nitrogens with one attached hydrogen (secondary N) is 1. The molecule has 0 saturated carbocycles. The molecule has 10 aromatic rings. The van der Waals surface area contributed by atoms with Gasteiger partial charge in [0.2, 0.25) is 0 Å². The Balaban J connectivity index is 0.974. The molecule has 1 spiro atoms. The van der Waals surface area contributed by atoms with Crippen LogP contribution >= 0.6 is 0 Å². The molecular weight excluding hydrogens is 787 g/mol. The molecule has 3 aliphatic carbocycles. The topological polar surface area (TPSA) is 40.8 Å². The number of nitrogens with zero attached hydrogens (tertiary/aromatic N) is 2. The van der Waals surface area contributed by atoms with Crippen molar-refractivity contribution in [1.29, 1.82) is 5.26 Å². The van der Waals surface area contributed by atoms with Gasteiger partial charge in [-0.05, 0) is 140 Å². The molecule has 3 aliphatic rings. The minimum atomic E-state index is -0.290. The summed E-state index contributed by atoms with van der Waals surface area (Å²) in [6.07, 6.45) is 9.35. The van der Waals surface area contributed by atoms with E-state index in [0.717, 1.165) is 50.3 Å². The van der Waals surface area contributed by atoms with E-state index < -0.39 is 0 Å². The molecule has 0 amide bonds. The largest absolute Gasteiger partial charge is 0.355 e. The minimum Gasteiger partial charge on any atom is -0.355 e. The quantitative estimate of drug-likeness (QED) is 0.181. The second kappa shape index (κ2) is 14.6. The number of aromatic nitrogens is 1. The van der Waals surface area contributed by atoms with Crippen LogP contribution in [0.3, 0.4) is 0 Å². The molecular formula is C62H41N3. The molecule has 9 aromatic carbocycles. The lowest BCUT2D eigenvalue weighted by Gasteiger charge is -2.36. The van der Waals surface area contributed by atoms with E-state index in [1.54, 1.807) is 0 Å². The molecule has 3 nitrogen and oxygen atoms in total. The van der Waals surface area contributed by atoms with Gasteiger partial charge in [-0.1, -0.05) is 152 Å². The smallest absolute Gasteiger partial charge is 0.0991 e. The molecule has 1 heterocycles. The Morgan fingerprint density at radius 2 is 1.08 bits per heavy atom. The molecule has 1 aromatic heterocycles. The van der Waals surface area contributed by atoms with E-state index in [9.17, 15) is 5.26 Å². The summed E-state index contributed by atoms with van der Waals surface area (Å²) in [5, 5.41) is 15.7. The highest BCUT2D eigenvalue weighted by molar-refractivity contribution is 6.12. The predicted octanol–water partition coefficient (Wildman–Crippen LogP) is 15.6. The maximum Gasteiger partial charge on any atom is 0.0991 e. The van der Waals surface area contributed by atoms with Gasteiger partial charge in [0.05, 0.1) is 28.1 Å². The molecule has 0 radical (unpaired) electrons. The van der Waals surface area contributed by atoms with Crippen LogP contribution in [0.1, 0.15) is 33.7 Å². The van der Waals surface area contributed by atoms with Gasteiger partial charge in [-0.2, -0.15) is 5.26 Å². The van der Waals surface area contributed by atoms with Crippen molar-refractivity contribution < 1.29 is 0 Å². The van der Waals surface area contributed by atoms with Crippen molar-refractivity contribution in [2.24, 2.45) is 5.92 Å². The normalized spacial score (nSPS) is 17.5. The third-order valence-corrected chi connectivity index (χ3v) is 14.3. The fraction of sp³-hybridized carbons (Fsp3) is 0.0484. The molecule has 3 heteroatoms.